The van der Waals surface area contributed by atoms with E-state index in [9.17, 15) is 9.90 Å². The normalized spacial score (nSPS) is 24.8. The molecule has 2 unspecified atom stereocenters. The number of carbonyl (C=O) groups is 1. The fourth-order valence-electron chi connectivity index (χ4n) is 2.96. The third-order valence-electron chi connectivity index (χ3n) is 4.57. The summed E-state index contributed by atoms with van der Waals surface area (Å²) in [5.74, 6) is 0.229. The number of aliphatic hydroxyl groups is 1. The molecule has 122 valence electrons. The van der Waals surface area contributed by atoms with Gasteiger partial charge in [0.15, 0.2) is 0 Å². The molecule has 2 atom stereocenters. The zero-order chi connectivity index (χ0) is 15.2. The second-order valence-corrected chi connectivity index (χ2v) is 6.01. The predicted octanol–water partition coefficient (Wildman–Crippen LogP) is -0.378. The second-order valence-electron chi connectivity index (χ2n) is 6.01. The van der Waals surface area contributed by atoms with Crippen molar-refractivity contribution in [3.05, 3.63) is 0 Å². The molecular weight excluding hydrogens is 270 g/mol. The number of β-amino-alcohol motifs (C(OH)–C–C–N with tert-alkyl or cyclic N) is 1. The fourth-order valence-corrected chi connectivity index (χ4v) is 2.96. The van der Waals surface area contributed by atoms with Crippen LogP contribution < -0.4 is 0 Å². The standard InChI is InChI=1S/C15H29N3O3/c1-3-14(19)12-16-4-6-18(7-5-16)15(20)13(2)17-8-10-21-11-9-17/h13-14,19H,3-12H2,1-2H3. The van der Waals surface area contributed by atoms with Gasteiger partial charge in [0.25, 0.3) is 0 Å². The fraction of sp³-hybridized carbons (Fsp3) is 0.933. The van der Waals surface area contributed by atoms with Crippen molar-refractivity contribution in [2.24, 2.45) is 0 Å². The molecule has 0 aromatic heterocycles. The van der Waals surface area contributed by atoms with Crippen LogP contribution in [0.5, 0.6) is 0 Å². The van der Waals surface area contributed by atoms with Crippen LogP contribution in [0.2, 0.25) is 0 Å². The summed E-state index contributed by atoms with van der Waals surface area (Å²) < 4.78 is 5.34. The number of amides is 1. The molecule has 0 radical (unpaired) electrons. The lowest BCUT2D eigenvalue weighted by Gasteiger charge is -2.39. The van der Waals surface area contributed by atoms with Crippen molar-refractivity contribution in [1.29, 1.82) is 0 Å². The zero-order valence-corrected chi connectivity index (χ0v) is 13.3. The molecule has 0 aliphatic carbocycles. The van der Waals surface area contributed by atoms with E-state index in [1.165, 1.54) is 0 Å². The van der Waals surface area contributed by atoms with Gasteiger partial charge in [0.2, 0.25) is 5.91 Å². The van der Waals surface area contributed by atoms with Crippen molar-refractivity contribution in [2.75, 3.05) is 59.0 Å². The van der Waals surface area contributed by atoms with Crippen LogP contribution in [0, 0.1) is 0 Å². The lowest BCUT2D eigenvalue weighted by molar-refractivity contribution is -0.140. The Bertz CT molecular complexity index is 326. The van der Waals surface area contributed by atoms with Gasteiger partial charge in [-0.25, -0.2) is 0 Å². The molecule has 6 nitrogen and oxygen atoms in total. The van der Waals surface area contributed by atoms with E-state index in [-0.39, 0.29) is 18.1 Å². The number of hydrogen-bond donors (Lipinski definition) is 1. The first-order chi connectivity index (χ1) is 10.1. The summed E-state index contributed by atoms with van der Waals surface area (Å²) in [6.07, 6.45) is 0.534. The molecule has 0 aromatic carbocycles. The van der Waals surface area contributed by atoms with Gasteiger partial charge in [-0.1, -0.05) is 6.92 Å². The van der Waals surface area contributed by atoms with Gasteiger partial charge >= 0.3 is 0 Å². The largest absolute Gasteiger partial charge is 0.392 e. The number of rotatable bonds is 5. The maximum atomic E-state index is 12.6. The van der Waals surface area contributed by atoms with E-state index in [1.807, 2.05) is 18.7 Å². The molecule has 2 saturated heterocycles. The van der Waals surface area contributed by atoms with Crippen LogP contribution in [0.3, 0.4) is 0 Å². The summed E-state index contributed by atoms with van der Waals surface area (Å²) in [5.41, 5.74) is 0. The molecular formula is C15H29N3O3. The van der Waals surface area contributed by atoms with Crippen molar-refractivity contribution in [2.45, 2.75) is 32.4 Å². The highest BCUT2D eigenvalue weighted by Crippen LogP contribution is 2.10. The van der Waals surface area contributed by atoms with E-state index >= 15 is 0 Å². The van der Waals surface area contributed by atoms with E-state index in [1.54, 1.807) is 0 Å². The second kappa shape index (κ2) is 8.08. The van der Waals surface area contributed by atoms with Gasteiger partial charge in [-0.2, -0.15) is 0 Å². The van der Waals surface area contributed by atoms with Crippen molar-refractivity contribution < 1.29 is 14.6 Å². The van der Waals surface area contributed by atoms with Crippen LogP contribution in [0.15, 0.2) is 0 Å². The molecule has 0 spiro atoms. The molecule has 2 aliphatic heterocycles. The highest BCUT2D eigenvalue weighted by atomic mass is 16.5. The Morgan fingerprint density at radius 1 is 1.14 bits per heavy atom. The van der Waals surface area contributed by atoms with Crippen LogP contribution in [0.25, 0.3) is 0 Å². The Balaban J connectivity index is 1.77. The summed E-state index contributed by atoms with van der Waals surface area (Å²) in [7, 11) is 0. The molecule has 6 heteroatoms. The van der Waals surface area contributed by atoms with Gasteiger partial charge in [0, 0.05) is 45.8 Å². The zero-order valence-electron chi connectivity index (χ0n) is 13.3. The minimum absolute atomic E-state index is 0.0540. The molecule has 21 heavy (non-hydrogen) atoms. The summed E-state index contributed by atoms with van der Waals surface area (Å²) in [4.78, 5) is 19.0. The molecule has 0 bridgehead atoms. The van der Waals surface area contributed by atoms with Crippen LogP contribution in [-0.2, 0) is 9.53 Å². The SMILES string of the molecule is CCC(O)CN1CCN(C(=O)C(C)N2CCOCC2)CC1. The quantitative estimate of drug-likeness (QED) is 0.750. The molecule has 0 saturated carbocycles. The molecule has 1 amide bonds. The highest BCUT2D eigenvalue weighted by Gasteiger charge is 2.29. The number of ether oxygens (including phenoxy) is 1. The monoisotopic (exact) mass is 299 g/mol. The summed E-state index contributed by atoms with van der Waals surface area (Å²) in [6, 6.07) is -0.0540. The maximum absolute atomic E-state index is 12.6. The summed E-state index contributed by atoms with van der Waals surface area (Å²) >= 11 is 0. The highest BCUT2D eigenvalue weighted by molar-refractivity contribution is 5.81. The number of piperazine rings is 1. The summed E-state index contributed by atoms with van der Waals surface area (Å²) in [6.45, 7) is 11.1. The van der Waals surface area contributed by atoms with Crippen molar-refractivity contribution in [1.82, 2.24) is 14.7 Å². The lowest BCUT2D eigenvalue weighted by atomic mass is 10.2. The van der Waals surface area contributed by atoms with E-state index < -0.39 is 0 Å². The average molecular weight is 299 g/mol. The van der Waals surface area contributed by atoms with E-state index in [0.717, 1.165) is 65.4 Å². The minimum atomic E-state index is -0.250. The molecule has 1 N–H and O–H groups in total. The van der Waals surface area contributed by atoms with Crippen LogP contribution in [-0.4, -0.2) is 96.9 Å². The number of carbonyl (C=O) groups excluding carboxylic acids is 1. The molecule has 2 rings (SSSR count). The van der Waals surface area contributed by atoms with Crippen molar-refractivity contribution in [3.8, 4) is 0 Å². The topological polar surface area (TPSA) is 56.2 Å². The van der Waals surface area contributed by atoms with Gasteiger partial charge in [-0.05, 0) is 13.3 Å². The van der Waals surface area contributed by atoms with Crippen molar-refractivity contribution >= 4 is 5.91 Å². The first kappa shape index (κ1) is 16.7. The van der Waals surface area contributed by atoms with Crippen LogP contribution in [0.4, 0.5) is 0 Å². The van der Waals surface area contributed by atoms with E-state index in [0.29, 0.717) is 0 Å². The van der Waals surface area contributed by atoms with Crippen molar-refractivity contribution in [3.63, 3.8) is 0 Å². The Kier molecular flexibility index (Phi) is 6.41. The maximum Gasteiger partial charge on any atom is 0.239 e. The Morgan fingerprint density at radius 2 is 1.76 bits per heavy atom. The average Bonchev–Trinajstić information content (AvgIpc) is 2.55. The third kappa shape index (κ3) is 4.64. The number of morpholine rings is 1. The van der Waals surface area contributed by atoms with E-state index in [2.05, 4.69) is 9.80 Å². The van der Waals surface area contributed by atoms with Gasteiger partial charge in [0.05, 0.1) is 25.4 Å². The minimum Gasteiger partial charge on any atom is -0.392 e. The van der Waals surface area contributed by atoms with Crippen LogP contribution >= 0.6 is 0 Å². The third-order valence-corrected chi connectivity index (χ3v) is 4.57. The number of hydrogen-bond acceptors (Lipinski definition) is 5. The summed E-state index contributed by atoms with van der Waals surface area (Å²) in [5, 5.41) is 9.70. The van der Waals surface area contributed by atoms with E-state index in [4.69, 9.17) is 4.74 Å². The molecule has 2 heterocycles. The Hall–Kier alpha value is -0.690. The van der Waals surface area contributed by atoms with Gasteiger partial charge in [0.1, 0.15) is 0 Å². The van der Waals surface area contributed by atoms with Gasteiger partial charge in [-0.15, -0.1) is 0 Å². The lowest BCUT2D eigenvalue weighted by Crippen LogP contribution is -2.56. The van der Waals surface area contributed by atoms with Gasteiger partial charge in [-0.3, -0.25) is 14.6 Å². The Labute approximate surface area is 127 Å². The number of nitrogens with zero attached hydrogens (tertiary/aromatic N) is 3. The first-order valence-electron chi connectivity index (χ1n) is 8.12. The predicted molar refractivity (Wildman–Crippen MR) is 81.2 cm³/mol. The smallest absolute Gasteiger partial charge is 0.239 e. The number of aliphatic hydroxyl groups excluding tert-OH is 1. The molecule has 2 aliphatic rings. The van der Waals surface area contributed by atoms with Gasteiger partial charge < -0.3 is 14.7 Å². The van der Waals surface area contributed by atoms with Crippen LogP contribution in [0.1, 0.15) is 20.3 Å². The Morgan fingerprint density at radius 3 is 2.33 bits per heavy atom. The molecule has 2 fully saturated rings. The first-order valence-corrected chi connectivity index (χ1v) is 8.12. The molecule has 0 aromatic rings.